The fourth-order valence-corrected chi connectivity index (χ4v) is 12.9. The first-order valence-corrected chi connectivity index (χ1v) is 20.2. The van der Waals surface area contributed by atoms with Gasteiger partial charge in [0, 0.05) is 41.4 Å². The van der Waals surface area contributed by atoms with E-state index >= 15 is 0 Å². The van der Waals surface area contributed by atoms with Crippen LogP contribution in [0, 0.1) is 12.1 Å². The monoisotopic (exact) mass is 817 g/mol. The predicted octanol–water partition coefficient (Wildman–Crippen LogP) is 8.22. The second-order valence-electron chi connectivity index (χ2n) is 14.2. The Bertz CT molecular complexity index is 2800. The average molecular weight is 818 g/mol. The third kappa shape index (κ3) is 5.51. The Kier molecular flexibility index (Phi) is 8.69. The molecule has 0 fully saturated rings. The van der Waals surface area contributed by atoms with Crippen molar-refractivity contribution in [2.45, 2.75) is 0 Å². The van der Waals surface area contributed by atoms with Crippen molar-refractivity contribution in [3.8, 4) is 28.4 Å². The predicted molar refractivity (Wildman–Crippen MR) is 223 cm³/mol. The van der Waals surface area contributed by atoms with Crippen LogP contribution in [0.15, 0.2) is 176 Å². The smallest absolute Gasteiger partial charge is 0.445 e. The van der Waals surface area contributed by atoms with Crippen molar-refractivity contribution >= 4 is 62.1 Å². The van der Waals surface area contributed by atoms with Crippen molar-refractivity contribution < 1.29 is 25.2 Å². The fourth-order valence-electron chi connectivity index (χ4n) is 8.35. The van der Waals surface area contributed by atoms with Crippen molar-refractivity contribution in [1.29, 1.82) is 0 Å². The van der Waals surface area contributed by atoms with Gasteiger partial charge in [-0.2, -0.15) is 23.4 Å². The molecule has 10 rings (SSSR count). The summed E-state index contributed by atoms with van der Waals surface area (Å²) in [4.78, 5) is 9.71. The summed E-state index contributed by atoms with van der Waals surface area (Å²) in [6.07, 6.45) is 3.71. The van der Waals surface area contributed by atoms with Gasteiger partial charge >= 0.3 is 20.4 Å². The standard InChI is InChI=1S/C48H35N4OSi.Pd/c1-52(2)44-26-9-10-27-46(44)53-47-33-43-41(32-45(47)52)40-24-15-29-50-48(40)51(43)35-17-14-23-39(31-35)54(36-18-5-3-6-19-36,37-20-7-4-8-21-37)38-22-13-16-34(30-38)42-25-11-12-28-49-42;/h3-29,32-33H,1-2H3;/q-1;+2. The Morgan fingerprint density at radius 2 is 1.24 bits per heavy atom. The quantitative estimate of drug-likeness (QED) is 0.0736. The maximum atomic E-state index is 6.65. The average Bonchev–Trinajstić information content (AvgIpc) is 3.55. The van der Waals surface area contributed by atoms with E-state index in [1.165, 1.54) is 10.4 Å². The fraction of sp³-hybridized carbons (Fsp3) is 0.0417. The molecule has 0 bridgehead atoms. The van der Waals surface area contributed by atoms with E-state index in [1.54, 1.807) is 0 Å². The molecule has 0 spiro atoms. The summed E-state index contributed by atoms with van der Waals surface area (Å²) in [6, 6.07) is 65.8. The number of aromatic nitrogens is 3. The topological polar surface area (TPSA) is 39.9 Å². The third-order valence-electron chi connectivity index (χ3n) is 10.9. The van der Waals surface area contributed by atoms with Gasteiger partial charge < -0.3 is 14.3 Å². The number of quaternary nitrogens is 1. The van der Waals surface area contributed by atoms with Crippen LogP contribution in [-0.4, -0.2) is 36.7 Å². The number of para-hydroxylation sites is 2. The van der Waals surface area contributed by atoms with E-state index in [2.05, 4.69) is 158 Å². The molecule has 0 atom stereocenters. The van der Waals surface area contributed by atoms with Gasteiger partial charge in [0.2, 0.25) is 0 Å². The molecule has 3 aromatic heterocycles. The molecule has 4 heterocycles. The SMILES string of the molecule is C[N+]1(C)c2ccccc2Oc2cc3c(cc21)c1cccnc1n3-c1[c-]c([Si](c2[c-]c(-c3ccccn3)ccc2)(c2ccccc2)c2ccccc2)ccc1.[Pd+2]. The van der Waals surface area contributed by atoms with Crippen LogP contribution >= 0.6 is 0 Å². The molecule has 0 N–H and O–H groups in total. The first kappa shape index (κ1) is 34.8. The van der Waals surface area contributed by atoms with Gasteiger partial charge in [-0.15, -0.1) is 41.1 Å². The van der Waals surface area contributed by atoms with Crippen LogP contribution in [0.2, 0.25) is 0 Å². The van der Waals surface area contributed by atoms with E-state index in [1.807, 2.05) is 48.8 Å². The van der Waals surface area contributed by atoms with Crippen molar-refractivity contribution in [3.05, 3.63) is 188 Å². The third-order valence-corrected chi connectivity index (χ3v) is 15.5. The van der Waals surface area contributed by atoms with Crippen LogP contribution in [0.25, 0.3) is 38.9 Å². The molecule has 1 aliphatic heterocycles. The molecule has 5 nitrogen and oxygen atoms in total. The van der Waals surface area contributed by atoms with Crippen molar-refractivity contribution in [3.63, 3.8) is 0 Å². The van der Waals surface area contributed by atoms with Crippen molar-refractivity contribution in [1.82, 2.24) is 19.0 Å². The van der Waals surface area contributed by atoms with Crippen molar-refractivity contribution in [2.24, 2.45) is 0 Å². The second-order valence-corrected chi connectivity index (χ2v) is 17.9. The maximum absolute atomic E-state index is 6.65. The minimum atomic E-state index is -3.03. The van der Waals surface area contributed by atoms with Crippen LogP contribution < -0.4 is 30.0 Å². The Morgan fingerprint density at radius 1 is 0.564 bits per heavy atom. The van der Waals surface area contributed by atoms with Crippen LogP contribution in [0.3, 0.4) is 0 Å². The molecule has 0 saturated carbocycles. The second kappa shape index (κ2) is 13.7. The molecule has 55 heavy (non-hydrogen) atoms. The Labute approximate surface area is 335 Å². The number of pyridine rings is 2. The molecule has 0 unspecified atom stereocenters. The van der Waals surface area contributed by atoms with E-state index in [0.717, 1.165) is 72.1 Å². The first-order chi connectivity index (χ1) is 26.5. The molecular formula is C48H35N4OPdSi+. The van der Waals surface area contributed by atoms with Gasteiger partial charge in [0.05, 0.1) is 19.6 Å². The number of hydrogen-bond donors (Lipinski definition) is 0. The van der Waals surface area contributed by atoms with Gasteiger partial charge in [0.1, 0.15) is 13.7 Å². The van der Waals surface area contributed by atoms with E-state index < -0.39 is 8.07 Å². The normalized spacial score (nSPS) is 13.1. The molecule has 7 heteroatoms. The van der Waals surface area contributed by atoms with Crippen LogP contribution in [0.1, 0.15) is 0 Å². The molecule has 0 saturated heterocycles. The van der Waals surface area contributed by atoms with Crippen LogP contribution in [-0.2, 0) is 20.4 Å². The first-order valence-electron chi connectivity index (χ1n) is 18.2. The number of hydrogen-bond acceptors (Lipinski definition) is 3. The largest absolute Gasteiger partial charge is 2.00 e. The van der Waals surface area contributed by atoms with Crippen molar-refractivity contribution in [2.75, 3.05) is 14.1 Å². The molecule has 0 radical (unpaired) electrons. The molecule has 0 amide bonds. The van der Waals surface area contributed by atoms with Gasteiger partial charge in [-0.1, -0.05) is 90.6 Å². The summed E-state index contributed by atoms with van der Waals surface area (Å²) in [5, 5.41) is 6.97. The maximum Gasteiger partial charge on any atom is 2.00 e. The van der Waals surface area contributed by atoms with Gasteiger partial charge in [0.25, 0.3) is 0 Å². The van der Waals surface area contributed by atoms with Crippen LogP contribution in [0.5, 0.6) is 11.5 Å². The minimum Gasteiger partial charge on any atom is -0.445 e. The van der Waals surface area contributed by atoms with Crippen LogP contribution in [0.4, 0.5) is 11.4 Å². The number of fused-ring (bicyclic) bond motifs is 5. The summed E-state index contributed by atoms with van der Waals surface area (Å²) in [5.41, 5.74) is 6.90. The zero-order valence-electron chi connectivity index (χ0n) is 30.3. The molecular weight excluding hydrogens is 783 g/mol. The summed E-state index contributed by atoms with van der Waals surface area (Å²) >= 11 is 0. The van der Waals surface area contributed by atoms with Gasteiger partial charge in [-0.05, 0) is 40.3 Å². The van der Waals surface area contributed by atoms with Gasteiger partial charge in [-0.3, -0.25) is 4.48 Å². The summed E-state index contributed by atoms with van der Waals surface area (Å²) in [7, 11) is 1.42. The van der Waals surface area contributed by atoms with E-state index in [-0.39, 0.29) is 20.4 Å². The number of nitrogens with zero attached hydrogens (tertiary/aromatic N) is 4. The Balaban J connectivity index is 0.00000397. The van der Waals surface area contributed by atoms with E-state index in [9.17, 15) is 0 Å². The molecule has 0 aliphatic carbocycles. The summed E-state index contributed by atoms with van der Waals surface area (Å²) in [6.45, 7) is 0. The van der Waals surface area contributed by atoms with E-state index in [4.69, 9.17) is 14.7 Å². The molecule has 1 aliphatic rings. The molecule has 6 aromatic carbocycles. The number of rotatable bonds is 6. The Hall–Kier alpha value is -5.94. The summed E-state index contributed by atoms with van der Waals surface area (Å²) < 4.78 is 9.47. The summed E-state index contributed by atoms with van der Waals surface area (Å²) in [5.74, 6) is 1.71. The molecule has 266 valence electrons. The molecule has 9 aromatic rings. The number of ether oxygens (including phenoxy) is 1. The Morgan fingerprint density at radius 3 is 1.98 bits per heavy atom. The van der Waals surface area contributed by atoms with Gasteiger partial charge in [-0.25, -0.2) is 4.98 Å². The van der Waals surface area contributed by atoms with Gasteiger partial charge in [0.15, 0.2) is 22.9 Å². The zero-order chi connectivity index (χ0) is 36.3. The minimum absolute atomic E-state index is 0. The zero-order valence-corrected chi connectivity index (χ0v) is 32.8. The van der Waals surface area contributed by atoms with E-state index in [0.29, 0.717) is 4.48 Å². The number of benzene rings is 6.